The number of amides is 1. The number of fused-ring (bicyclic) bond motifs is 1. The summed E-state index contributed by atoms with van der Waals surface area (Å²) in [6.45, 7) is 2.00. The molecule has 0 radical (unpaired) electrons. The van der Waals surface area contributed by atoms with Gasteiger partial charge in [0.15, 0.2) is 11.5 Å². The smallest absolute Gasteiger partial charge is 0.266 e. The number of nitriles is 1. The van der Waals surface area contributed by atoms with Crippen molar-refractivity contribution >= 4 is 29.3 Å². The quantitative estimate of drug-likeness (QED) is 0.651. The van der Waals surface area contributed by atoms with E-state index in [1.54, 1.807) is 24.3 Å². The van der Waals surface area contributed by atoms with Crippen LogP contribution in [0.3, 0.4) is 0 Å². The Morgan fingerprint density at radius 3 is 2.73 bits per heavy atom. The zero-order valence-corrected chi connectivity index (χ0v) is 14.9. The predicted octanol–water partition coefficient (Wildman–Crippen LogP) is 3.93. The molecule has 0 unspecified atom stereocenters. The first-order chi connectivity index (χ1) is 12.5. The summed E-state index contributed by atoms with van der Waals surface area (Å²) >= 11 is 6.20. The molecule has 0 bridgehead atoms. The van der Waals surface area contributed by atoms with Crippen molar-refractivity contribution in [1.82, 2.24) is 0 Å². The number of carbonyl (C=O) groups excluding carboxylic acids is 1. The molecule has 0 spiro atoms. The molecule has 1 amide bonds. The van der Waals surface area contributed by atoms with E-state index in [1.165, 1.54) is 13.2 Å². The van der Waals surface area contributed by atoms with Crippen molar-refractivity contribution in [2.24, 2.45) is 0 Å². The van der Waals surface area contributed by atoms with Gasteiger partial charge in [-0.15, -0.1) is 0 Å². The van der Waals surface area contributed by atoms with E-state index in [0.29, 0.717) is 33.5 Å². The Kier molecular flexibility index (Phi) is 5.01. The minimum atomic E-state index is -0.565. The Labute approximate surface area is 155 Å². The highest BCUT2D eigenvalue weighted by molar-refractivity contribution is 6.32. The number of halogens is 1. The molecule has 1 aliphatic rings. The van der Waals surface area contributed by atoms with Crippen molar-refractivity contribution in [2.45, 2.75) is 6.92 Å². The first-order valence-electron chi connectivity index (χ1n) is 7.68. The lowest BCUT2D eigenvalue weighted by atomic mass is 10.1. The van der Waals surface area contributed by atoms with E-state index < -0.39 is 5.91 Å². The van der Waals surface area contributed by atoms with Crippen LogP contribution in [0, 0.1) is 18.3 Å². The van der Waals surface area contributed by atoms with Crippen LogP contribution in [0.25, 0.3) is 6.08 Å². The van der Waals surface area contributed by atoms with Crippen LogP contribution in [0.4, 0.5) is 5.69 Å². The molecule has 3 rings (SSSR count). The molecule has 1 heterocycles. The van der Waals surface area contributed by atoms with Crippen LogP contribution in [0.2, 0.25) is 5.02 Å². The first kappa shape index (κ1) is 17.6. The van der Waals surface area contributed by atoms with Gasteiger partial charge in [-0.2, -0.15) is 5.26 Å². The molecule has 0 atom stereocenters. The molecular formula is C19H15ClN2O4. The molecule has 7 heteroatoms. The maximum absolute atomic E-state index is 12.5. The second-order valence-corrected chi connectivity index (χ2v) is 5.96. The summed E-state index contributed by atoms with van der Waals surface area (Å²) in [5.74, 6) is 0.978. The fourth-order valence-electron chi connectivity index (χ4n) is 2.46. The SMILES string of the molecule is COc1ccc(C)cc1NC(=O)/C(C#N)=C/c1cc2c(cc1Cl)OCO2. The lowest BCUT2D eigenvalue weighted by molar-refractivity contribution is -0.112. The highest BCUT2D eigenvalue weighted by atomic mass is 35.5. The second kappa shape index (κ2) is 7.38. The Bertz CT molecular complexity index is 947. The van der Waals surface area contributed by atoms with Gasteiger partial charge in [0.25, 0.3) is 5.91 Å². The summed E-state index contributed by atoms with van der Waals surface area (Å²) in [6.07, 6.45) is 1.40. The van der Waals surface area contributed by atoms with Gasteiger partial charge in [0.1, 0.15) is 17.4 Å². The van der Waals surface area contributed by atoms with Crippen LogP contribution in [0.1, 0.15) is 11.1 Å². The molecule has 0 saturated heterocycles. The number of rotatable bonds is 4. The maximum atomic E-state index is 12.5. The zero-order valence-electron chi connectivity index (χ0n) is 14.1. The standard InChI is InChI=1S/C19H15ClN2O4/c1-11-3-4-16(24-2)15(5-11)22-19(23)13(9-21)6-12-7-17-18(8-14(12)20)26-10-25-17/h3-8H,10H2,1-2H3,(H,22,23)/b13-6+. The van der Waals surface area contributed by atoms with Gasteiger partial charge < -0.3 is 19.5 Å². The topological polar surface area (TPSA) is 80.6 Å². The molecule has 0 fully saturated rings. The average molecular weight is 371 g/mol. The largest absolute Gasteiger partial charge is 0.495 e. The van der Waals surface area contributed by atoms with E-state index in [2.05, 4.69) is 5.32 Å². The number of hydrogen-bond donors (Lipinski definition) is 1. The molecule has 0 aromatic heterocycles. The third-order valence-corrected chi connectivity index (χ3v) is 4.09. The Morgan fingerprint density at radius 1 is 1.31 bits per heavy atom. The second-order valence-electron chi connectivity index (χ2n) is 5.55. The van der Waals surface area contributed by atoms with Crippen LogP contribution < -0.4 is 19.5 Å². The number of aryl methyl sites for hydroxylation is 1. The van der Waals surface area contributed by atoms with Crippen molar-refractivity contribution in [1.29, 1.82) is 5.26 Å². The summed E-state index contributed by atoms with van der Waals surface area (Å²) in [5, 5.41) is 12.4. The van der Waals surface area contributed by atoms with Gasteiger partial charge >= 0.3 is 0 Å². The lowest BCUT2D eigenvalue weighted by Crippen LogP contribution is -2.14. The van der Waals surface area contributed by atoms with Crippen molar-refractivity contribution in [3.05, 3.63) is 52.1 Å². The number of nitrogens with zero attached hydrogens (tertiary/aromatic N) is 1. The number of nitrogens with one attached hydrogen (secondary N) is 1. The third-order valence-electron chi connectivity index (χ3n) is 3.76. The molecule has 132 valence electrons. The summed E-state index contributed by atoms with van der Waals surface area (Å²) in [4.78, 5) is 12.5. The molecule has 0 saturated carbocycles. The van der Waals surface area contributed by atoms with Gasteiger partial charge in [-0.3, -0.25) is 4.79 Å². The number of methoxy groups -OCH3 is 1. The molecular weight excluding hydrogens is 356 g/mol. The van der Waals surface area contributed by atoms with Crippen molar-refractivity contribution in [3.63, 3.8) is 0 Å². The fourth-order valence-corrected chi connectivity index (χ4v) is 2.66. The van der Waals surface area contributed by atoms with Crippen LogP contribution >= 0.6 is 11.6 Å². The third kappa shape index (κ3) is 3.58. The number of hydrogen-bond acceptors (Lipinski definition) is 5. The van der Waals surface area contributed by atoms with Gasteiger partial charge in [-0.1, -0.05) is 17.7 Å². The number of ether oxygens (including phenoxy) is 3. The highest BCUT2D eigenvalue weighted by Gasteiger charge is 2.18. The zero-order chi connectivity index (χ0) is 18.7. The van der Waals surface area contributed by atoms with E-state index >= 15 is 0 Å². The van der Waals surface area contributed by atoms with Crippen molar-refractivity contribution in [2.75, 3.05) is 19.2 Å². The lowest BCUT2D eigenvalue weighted by Gasteiger charge is -2.10. The van der Waals surface area contributed by atoms with Gasteiger partial charge in [-0.05, 0) is 42.3 Å². The number of anilines is 1. The number of benzene rings is 2. The van der Waals surface area contributed by atoms with Crippen molar-refractivity contribution < 1.29 is 19.0 Å². The van der Waals surface area contributed by atoms with Crippen LogP contribution in [-0.2, 0) is 4.79 Å². The predicted molar refractivity (Wildman–Crippen MR) is 97.5 cm³/mol. The molecule has 2 aromatic carbocycles. The summed E-state index contributed by atoms with van der Waals surface area (Å²) < 4.78 is 15.8. The maximum Gasteiger partial charge on any atom is 0.266 e. The van der Waals surface area contributed by atoms with Gasteiger partial charge in [0, 0.05) is 6.07 Å². The van der Waals surface area contributed by atoms with Gasteiger partial charge in [0.05, 0.1) is 17.8 Å². The average Bonchev–Trinajstić information content (AvgIpc) is 3.06. The minimum Gasteiger partial charge on any atom is -0.495 e. The van der Waals surface area contributed by atoms with Crippen LogP contribution in [0.15, 0.2) is 35.9 Å². The molecule has 2 aromatic rings. The molecule has 0 aliphatic carbocycles. The van der Waals surface area contributed by atoms with E-state index in [1.807, 2.05) is 19.1 Å². The van der Waals surface area contributed by atoms with Crippen LogP contribution in [-0.4, -0.2) is 19.8 Å². The van der Waals surface area contributed by atoms with E-state index in [9.17, 15) is 10.1 Å². The summed E-state index contributed by atoms with van der Waals surface area (Å²) in [5.41, 5.74) is 1.81. The fraction of sp³-hybridized carbons (Fsp3) is 0.158. The monoisotopic (exact) mass is 370 g/mol. The van der Waals surface area contributed by atoms with E-state index in [-0.39, 0.29) is 12.4 Å². The summed E-state index contributed by atoms with van der Waals surface area (Å²) in [7, 11) is 1.51. The molecule has 1 aliphatic heterocycles. The van der Waals surface area contributed by atoms with E-state index in [4.69, 9.17) is 25.8 Å². The molecule has 26 heavy (non-hydrogen) atoms. The van der Waals surface area contributed by atoms with Gasteiger partial charge in [-0.25, -0.2) is 0 Å². The van der Waals surface area contributed by atoms with E-state index in [0.717, 1.165) is 5.56 Å². The molecule has 1 N–H and O–H groups in total. The minimum absolute atomic E-state index is 0.102. The Morgan fingerprint density at radius 2 is 2.04 bits per heavy atom. The van der Waals surface area contributed by atoms with Crippen molar-refractivity contribution in [3.8, 4) is 23.3 Å². The Hall–Kier alpha value is -3.17. The van der Waals surface area contributed by atoms with Crippen LogP contribution in [0.5, 0.6) is 17.2 Å². The normalized spacial score (nSPS) is 12.5. The first-order valence-corrected chi connectivity index (χ1v) is 8.06. The summed E-state index contributed by atoms with van der Waals surface area (Å²) in [6, 6.07) is 10.5. The molecule has 6 nitrogen and oxygen atoms in total. The number of carbonyl (C=O) groups is 1. The van der Waals surface area contributed by atoms with Gasteiger partial charge in [0.2, 0.25) is 6.79 Å². The Balaban J connectivity index is 1.90. The highest BCUT2D eigenvalue weighted by Crippen LogP contribution is 2.37.